The molecule has 0 spiro atoms. The number of amides is 2. The van der Waals surface area contributed by atoms with E-state index in [1.807, 2.05) is 0 Å². The van der Waals surface area contributed by atoms with Crippen molar-refractivity contribution in [1.29, 1.82) is 0 Å². The number of carbonyl (C=O) groups is 2. The van der Waals surface area contributed by atoms with Crippen molar-refractivity contribution in [3.63, 3.8) is 0 Å². The van der Waals surface area contributed by atoms with Gasteiger partial charge in [0.15, 0.2) is 0 Å². The van der Waals surface area contributed by atoms with E-state index in [0.29, 0.717) is 24.4 Å². The van der Waals surface area contributed by atoms with Gasteiger partial charge in [-0.3, -0.25) is 4.79 Å². The van der Waals surface area contributed by atoms with Crippen molar-refractivity contribution in [2.75, 3.05) is 25.5 Å². The third-order valence-electron chi connectivity index (χ3n) is 4.42. The molecular weight excluding hydrogens is 324 g/mol. The Bertz CT molecular complexity index is 790. The van der Waals surface area contributed by atoms with Crippen molar-refractivity contribution >= 4 is 17.7 Å². The first-order valence-electron chi connectivity index (χ1n) is 7.90. The van der Waals surface area contributed by atoms with Crippen LogP contribution in [0.4, 0.5) is 10.5 Å². The van der Waals surface area contributed by atoms with Gasteiger partial charge in [-0.2, -0.15) is 5.10 Å². The maximum Gasteiger partial charge on any atom is 0.321 e. The number of benzene rings is 1. The lowest BCUT2D eigenvalue weighted by molar-refractivity contribution is -0.146. The van der Waals surface area contributed by atoms with Crippen molar-refractivity contribution in [3.8, 4) is 11.4 Å². The average molecular weight is 344 g/mol. The SMILES string of the molecule is COc1cc(NC(=O)N2CCC(C)(C(=O)O)C2)cc(-n2cccn2)c1. The molecule has 0 radical (unpaired) electrons. The van der Waals surface area contributed by atoms with E-state index in [1.165, 1.54) is 4.90 Å². The van der Waals surface area contributed by atoms with E-state index in [1.54, 1.807) is 55.4 Å². The second-order valence-electron chi connectivity index (χ2n) is 6.34. The van der Waals surface area contributed by atoms with E-state index in [2.05, 4.69) is 10.4 Å². The van der Waals surface area contributed by atoms with Gasteiger partial charge in [0.2, 0.25) is 0 Å². The number of rotatable bonds is 4. The van der Waals surface area contributed by atoms with Crippen molar-refractivity contribution in [1.82, 2.24) is 14.7 Å². The lowest BCUT2D eigenvalue weighted by Gasteiger charge is -2.21. The van der Waals surface area contributed by atoms with Crippen molar-refractivity contribution in [2.45, 2.75) is 13.3 Å². The molecule has 2 heterocycles. The van der Waals surface area contributed by atoms with Crippen LogP contribution in [0.3, 0.4) is 0 Å². The van der Waals surface area contributed by atoms with Gasteiger partial charge in [-0.25, -0.2) is 9.48 Å². The topological polar surface area (TPSA) is 96.7 Å². The first-order valence-corrected chi connectivity index (χ1v) is 7.90. The van der Waals surface area contributed by atoms with Crippen LogP contribution in [0, 0.1) is 5.41 Å². The predicted octanol–water partition coefficient (Wildman–Crippen LogP) is 2.21. The lowest BCUT2D eigenvalue weighted by atomic mass is 9.90. The van der Waals surface area contributed by atoms with Crippen LogP contribution in [0.5, 0.6) is 5.75 Å². The molecular formula is C17H20N4O4. The zero-order valence-corrected chi connectivity index (χ0v) is 14.1. The average Bonchev–Trinajstić information content (AvgIpc) is 3.25. The van der Waals surface area contributed by atoms with E-state index in [0.717, 1.165) is 5.69 Å². The molecule has 1 unspecified atom stereocenters. The van der Waals surface area contributed by atoms with Gasteiger partial charge in [0.25, 0.3) is 0 Å². The summed E-state index contributed by atoms with van der Waals surface area (Å²) in [5, 5.41) is 16.3. The van der Waals surface area contributed by atoms with Crippen LogP contribution in [0.2, 0.25) is 0 Å². The minimum absolute atomic E-state index is 0.185. The summed E-state index contributed by atoms with van der Waals surface area (Å²) in [5.41, 5.74) is 0.404. The summed E-state index contributed by atoms with van der Waals surface area (Å²) < 4.78 is 6.94. The third kappa shape index (κ3) is 3.42. The molecule has 0 saturated carbocycles. The smallest absolute Gasteiger partial charge is 0.321 e. The Labute approximate surface area is 145 Å². The molecule has 0 aliphatic carbocycles. The zero-order valence-electron chi connectivity index (χ0n) is 14.1. The van der Waals surface area contributed by atoms with Gasteiger partial charge < -0.3 is 20.1 Å². The number of carboxylic acids is 1. The number of carbonyl (C=O) groups excluding carboxylic acids is 1. The quantitative estimate of drug-likeness (QED) is 0.886. The molecule has 2 amide bonds. The highest BCUT2D eigenvalue weighted by molar-refractivity contribution is 5.91. The minimum Gasteiger partial charge on any atom is -0.497 e. The summed E-state index contributed by atoms with van der Waals surface area (Å²) >= 11 is 0. The molecule has 1 saturated heterocycles. The Kier molecular flexibility index (Phi) is 4.35. The summed E-state index contributed by atoms with van der Waals surface area (Å²) in [6.07, 6.45) is 3.89. The Balaban J connectivity index is 1.78. The number of methoxy groups -OCH3 is 1. The molecule has 8 heteroatoms. The monoisotopic (exact) mass is 344 g/mol. The van der Waals surface area contributed by atoms with Gasteiger partial charge in [0.05, 0.1) is 18.2 Å². The fourth-order valence-electron chi connectivity index (χ4n) is 2.84. The molecule has 1 fully saturated rings. The van der Waals surface area contributed by atoms with Crippen LogP contribution in [-0.4, -0.2) is 52.0 Å². The molecule has 132 valence electrons. The van der Waals surface area contributed by atoms with Crippen molar-refractivity contribution < 1.29 is 19.4 Å². The molecule has 1 aliphatic rings. The van der Waals surface area contributed by atoms with Gasteiger partial charge in [-0.1, -0.05) is 0 Å². The Morgan fingerprint density at radius 1 is 1.36 bits per heavy atom. The predicted molar refractivity (Wildman–Crippen MR) is 91.1 cm³/mol. The number of ether oxygens (including phenoxy) is 1. The number of hydrogen-bond donors (Lipinski definition) is 2. The number of nitrogens with one attached hydrogen (secondary N) is 1. The highest BCUT2D eigenvalue weighted by atomic mass is 16.5. The summed E-state index contributed by atoms with van der Waals surface area (Å²) in [7, 11) is 1.55. The summed E-state index contributed by atoms with van der Waals surface area (Å²) in [6.45, 7) is 2.25. The number of anilines is 1. The number of hydrogen-bond acceptors (Lipinski definition) is 4. The molecule has 1 atom stereocenters. The van der Waals surface area contributed by atoms with Crippen molar-refractivity contribution in [2.24, 2.45) is 5.41 Å². The first kappa shape index (κ1) is 16.8. The summed E-state index contributed by atoms with van der Waals surface area (Å²) in [6, 6.07) is 6.76. The Morgan fingerprint density at radius 3 is 2.76 bits per heavy atom. The highest BCUT2D eigenvalue weighted by Gasteiger charge is 2.42. The second kappa shape index (κ2) is 6.46. The highest BCUT2D eigenvalue weighted by Crippen LogP contribution is 2.31. The molecule has 8 nitrogen and oxygen atoms in total. The van der Waals surface area contributed by atoms with Crippen LogP contribution in [0.1, 0.15) is 13.3 Å². The zero-order chi connectivity index (χ0) is 18.0. The van der Waals surface area contributed by atoms with Crippen LogP contribution < -0.4 is 10.1 Å². The summed E-state index contributed by atoms with van der Waals surface area (Å²) in [4.78, 5) is 25.3. The number of aromatic nitrogens is 2. The minimum atomic E-state index is -0.897. The first-order chi connectivity index (χ1) is 11.9. The van der Waals surface area contributed by atoms with E-state index >= 15 is 0 Å². The molecule has 0 bridgehead atoms. The second-order valence-corrected chi connectivity index (χ2v) is 6.34. The molecule has 1 aromatic carbocycles. The van der Waals surface area contributed by atoms with E-state index in [4.69, 9.17) is 4.74 Å². The number of aliphatic carboxylic acids is 1. The van der Waals surface area contributed by atoms with Crippen LogP contribution in [-0.2, 0) is 4.79 Å². The number of carboxylic acid groups (broad SMARTS) is 1. The van der Waals surface area contributed by atoms with Gasteiger partial charge in [0.1, 0.15) is 5.75 Å². The van der Waals surface area contributed by atoms with Crippen LogP contribution in [0.25, 0.3) is 5.69 Å². The van der Waals surface area contributed by atoms with Gasteiger partial charge in [-0.05, 0) is 25.5 Å². The molecule has 3 rings (SSSR count). The molecule has 25 heavy (non-hydrogen) atoms. The van der Waals surface area contributed by atoms with E-state index in [9.17, 15) is 14.7 Å². The maximum atomic E-state index is 12.5. The van der Waals surface area contributed by atoms with Gasteiger partial charge in [0, 0.05) is 43.3 Å². The Hall–Kier alpha value is -3.03. The molecule has 2 aromatic rings. The normalized spacial score (nSPS) is 19.7. The van der Waals surface area contributed by atoms with Crippen LogP contribution >= 0.6 is 0 Å². The molecule has 2 N–H and O–H groups in total. The fraction of sp³-hybridized carbons (Fsp3) is 0.353. The lowest BCUT2D eigenvalue weighted by Crippen LogP contribution is -2.37. The van der Waals surface area contributed by atoms with E-state index < -0.39 is 11.4 Å². The van der Waals surface area contributed by atoms with Crippen LogP contribution in [0.15, 0.2) is 36.7 Å². The van der Waals surface area contributed by atoms with Gasteiger partial charge in [-0.15, -0.1) is 0 Å². The van der Waals surface area contributed by atoms with Gasteiger partial charge >= 0.3 is 12.0 Å². The largest absolute Gasteiger partial charge is 0.497 e. The molecule has 1 aromatic heterocycles. The fourth-order valence-corrected chi connectivity index (χ4v) is 2.84. The number of likely N-dealkylation sites (tertiary alicyclic amines) is 1. The maximum absolute atomic E-state index is 12.5. The Morgan fingerprint density at radius 2 is 2.16 bits per heavy atom. The summed E-state index contributed by atoms with van der Waals surface area (Å²) in [5.74, 6) is -0.301. The van der Waals surface area contributed by atoms with Crippen molar-refractivity contribution in [3.05, 3.63) is 36.7 Å². The standard InChI is InChI=1S/C17H20N4O4/c1-17(15(22)23)4-7-20(11-17)16(24)19-12-8-13(10-14(9-12)25-2)21-6-3-5-18-21/h3,5-6,8-10H,4,7,11H2,1-2H3,(H,19,24)(H,22,23). The molecule has 1 aliphatic heterocycles. The van der Waals surface area contributed by atoms with E-state index in [-0.39, 0.29) is 12.6 Å². The third-order valence-corrected chi connectivity index (χ3v) is 4.42. The number of nitrogens with zero attached hydrogens (tertiary/aromatic N) is 3. The number of urea groups is 1.